The predicted octanol–water partition coefficient (Wildman–Crippen LogP) is 7.61. The normalized spacial score (nSPS) is 11.9. The number of hydrogen-bond donors (Lipinski definition) is 0. The Labute approximate surface area is 254 Å². The molecule has 2 amide bonds. The first kappa shape index (κ1) is 33.3. The molecule has 1 aromatic heterocycles. The van der Waals surface area contributed by atoms with Crippen LogP contribution in [-0.4, -0.2) is 34.7 Å². The Morgan fingerprint density at radius 3 is 2.07 bits per heavy atom. The van der Waals surface area contributed by atoms with Crippen LogP contribution in [0.1, 0.15) is 57.9 Å². The van der Waals surface area contributed by atoms with Crippen molar-refractivity contribution < 1.29 is 40.3 Å². The Kier molecular flexibility index (Phi) is 10.0. The molecule has 0 aliphatic carbocycles. The number of fused-ring (bicyclic) bond motifs is 1. The molecule has 0 radical (unpaired) electrons. The number of alkyl halides is 6. The van der Waals surface area contributed by atoms with Crippen molar-refractivity contribution in [2.24, 2.45) is 0 Å². The third-order valence-electron chi connectivity index (χ3n) is 7.16. The van der Waals surface area contributed by atoms with Gasteiger partial charge in [-0.25, -0.2) is 0 Å². The molecule has 0 N–H and O–H groups in total. The number of unbranched alkanes of at least 4 members (excludes halogenated alkanes) is 1. The first-order chi connectivity index (χ1) is 21.2. The molecule has 0 saturated carbocycles. The van der Waals surface area contributed by atoms with Crippen molar-refractivity contribution in [2.45, 2.75) is 52.1 Å². The second-order valence-electron chi connectivity index (χ2n) is 10.7. The molecule has 0 unspecified atom stereocenters. The summed E-state index contributed by atoms with van der Waals surface area (Å²) in [6.07, 6.45) is -8.19. The lowest BCUT2D eigenvalue weighted by molar-refractivity contribution is -0.143. The highest BCUT2D eigenvalue weighted by molar-refractivity contribution is 5.97. The number of aryl methyl sites for hydroxylation is 1. The maximum atomic E-state index is 13.8. The average Bonchev–Trinajstić information content (AvgIpc) is 2.99. The van der Waals surface area contributed by atoms with Gasteiger partial charge in [0.15, 0.2) is 5.43 Å². The minimum absolute atomic E-state index is 0.00254. The lowest BCUT2D eigenvalue weighted by Gasteiger charge is -2.28. The van der Waals surface area contributed by atoms with E-state index in [9.17, 15) is 40.7 Å². The monoisotopic (exact) mass is 632 g/mol. The van der Waals surface area contributed by atoms with Crippen LogP contribution in [0.2, 0.25) is 0 Å². The third kappa shape index (κ3) is 8.31. The number of halogens is 6. The number of carbonyl (C=O) groups is 2. The van der Waals surface area contributed by atoms with E-state index in [2.05, 4.69) is 0 Å². The van der Waals surface area contributed by atoms with E-state index in [4.69, 9.17) is 4.42 Å². The van der Waals surface area contributed by atoms with E-state index < -0.39 is 47.4 Å². The van der Waals surface area contributed by atoms with Gasteiger partial charge in [0.1, 0.15) is 12.1 Å². The molecular weight excluding hydrogens is 602 g/mol. The lowest BCUT2D eigenvalue weighted by Crippen LogP contribution is -2.43. The van der Waals surface area contributed by atoms with Crippen LogP contribution in [-0.2, 0) is 30.2 Å². The first-order valence-electron chi connectivity index (χ1n) is 14.1. The molecule has 0 aliphatic rings. The number of benzene rings is 3. The molecule has 0 atom stereocenters. The summed E-state index contributed by atoms with van der Waals surface area (Å²) in [4.78, 5) is 42.8. The summed E-state index contributed by atoms with van der Waals surface area (Å²) in [6, 6.07) is 14.5. The molecule has 45 heavy (non-hydrogen) atoms. The standard InChI is InChI=1S/C33H30F6N2O4/c1-3-4-12-40(31(44)23-14-25(32(34,35)36)16-26(15-23)33(37,38)39)19-29(42)41(17-22-8-6-5-7-9-22)18-24-20-45-28-11-10-21(2)13-27(28)30(24)43/h5-11,13-16,20H,3-4,12,17-19H2,1-2H3. The Bertz CT molecular complexity index is 1700. The quantitative estimate of drug-likeness (QED) is 0.169. The van der Waals surface area contributed by atoms with E-state index in [1.54, 1.807) is 62.4 Å². The maximum absolute atomic E-state index is 13.8. The van der Waals surface area contributed by atoms with E-state index in [-0.39, 0.29) is 36.7 Å². The minimum Gasteiger partial charge on any atom is -0.464 e. The average molecular weight is 633 g/mol. The highest BCUT2D eigenvalue weighted by Crippen LogP contribution is 2.36. The lowest BCUT2D eigenvalue weighted by atomic mass is 10.0. The molecule has 1 heterocycles. The van der Waals surface area contributed by atoms with Gasteiger partial charge in [0.2, 0.25) is 5.91 Å². The van der Waals surface area contributed by atoms with Gasteiger partial charge in [0.05, 0.1) is 34.9 Å². The Balaban J connectivity index is 1.70. The summed E-state index contributed by atoms with van der Waals surface area (Å²) in [6.45, 7) is 2.61. The molecule has 0 spiro atoms. The van der Waals surface area contributed by atoms with Crippen LogP contribution in [0.5, 0.6) is 0 Å². The molecule has 6 nitrogen and oxygen atoms in total. The second-order valence-corrected chi connectivity index (χ2v) is 10.7. The van der Waals surface area contributed by atoms with Crippen molar-refractivity contribution in [2.75, 3.05) is 13.1 Å². The molecule has 12 heteroatoms. The number of amides is 2. The van der Waals surface area contributed by atoms with Crippen molar-refractivity contribution in [1.29, 1.82) is 0 Å². The number of carbonyl (C=O) groups excluding carboxylic acids is 2. The zero-order chi connectivity index (χ0) is 32.9. The highest BCUT2D eigenvalue weighted by atomic mass is 19.4. The topological polar surface area (TPSA) is 70.8 Å². The SMILES string of the molecule is CCCCN(CC(=O)N(Cc1ccccc1)Cc1coc2ccc(C)cc2c1=O)C(=O)c1cc(C(F)(F)F)cc(C(F)(F)F)c1. The summed E-state index contributed by atoms with van der Waals surface area (Å²) >= 11 is 0. The van der Waals surface area contributed by atoms with E-state index in [0.29, 0.717) is 41.5 Å². The van der Waals surface area contributed by atoms with Crippen LogP contribution in [0, 0.1) is 6.92 Å². The fourth-order valence-corrected chi connectivity index (χ4v) is 4.76. The maximum Gasteiger partial charge on any atom is 0.416 e. The Hall–Kier alpha value is -4.61. The van der Waals surface area contributed by atoms with Crippen LogP contribution < -0.4 is 5.43 Å². The smallest absolute Gasteiger partial charge is 0.416 e. The van der Waals surface area contributed by atoms with E-state index in [1.807, 2.05) is 0 Å². The van der Waals surface area contributed by atoms with E-state index in [0.717, 1.165) is 10.5 Å². The number of nitrogens with zero attached hydrogens (tertiary/aromatic N) is 2. The molecule has 3 aromatic carbocycles. The van der Waals surface area contributed by atoms with Crippen molar-refractivity contribution in [3.63, 3.8) is 0 Å². The largest absolute Gasteiger partial charge is 0.464 e. The summed E-state index contributed by atoms with van der Waals surface area (Å²) in [5.74, 6) is -1.83. The van der Waals surface area contributed by atoms with Gasteiger partial charge >= 0.3 is 12.4 Å². The second kappa shape index (κ2) is 13.6. The van der Waals surface area contributed by atoms with Crippen LogP contribution in [0.4, 0.5) is 26.3 Å². The van der Waals surface area contributed by atoms with Gasteiger partial charge in [-0.15, -0.1) is 0 Å². The molecule has 4 rings (SSSR count). The van der Waals surface area contributed by atoms with E-state index in [1.165, 1.54) is 11.2 Å². The highest BCUT2D eigenvalue weighted by Gasteiger charge is 2.38. The molecule has 0 aliphatic heterocycles. The molecule has 238 valence electrons. The van der Waals surface area contributed by atoms with Gasteiger partial charge < -0.3 is 14.2 Å². The summed E-state index contributed by atoms with van der Waals surface area (Å²) < 4.78 is 86.6. The van der Waals surface area contributed by atoms with Gasteiger partial charge in [-0.05, 0) is 49.2 Å². The van der Waals surface area contributed by atoms with Gasteiger partial charge in [0, 0.05) is 18.7 Å². The molecular formula is C33H30F6N2O4. The zero-order valence-corrected chi connectivity index (χ0v) is 24.5. The summed E-state index contributed by atoms with van der Waals surface area (Å²) in [5.41, 5.74) is -2.47. The fraction of sp³-hybridized carbons (Fsp3) is 0.303. The van der Waals surface area contributed by atoms with Gasteiger partial charge in [-0.3, -0.25) is 14.4 Å². The minimum atomic E-state index is -5.15. The van der Waals surface area contributed by atoms with E-state index >= 15 is 0 Å². The third-order valence-corrected chi connectivity index (χ3v) is 7.16. The zero-order valence-electron chi connectivity index (χ0n) is 24.5. The Morgan fingerprint density at radius 2 is 1.47 bits per heavy atom. The van der Waals surface area contributed by atoms with Gasteiger partial charge in [-0.2, -0.15) is 26.3 Å². The first-order valence-corrected chi connectivity index (χ1v) is 14.1. The van der Waals surface area contributed by atoms with Crippen molar-refractivity contribution >= 4 is 22.8 Å². The summed E-state index contributed by atoms with van der Waals surface area (Å²) in [7, 11) is 0. The Morgan fingerprint density at radius 1 is 0.822 bits per heavy atom. The van der Waals surface area contributed by atoms with Crippen LogP contribution in [0.15, 0.2) is 82.2 Å². The van der Waals surface area contributed by atoms with Crippen LogP contribution >= 0.6 is 0 Å². The molecule has 0 fully saturated rings. The molecule has 0 saturated heterocycles. The van der Waals surface area contributed by atoms with Gasteiger partial charge in [0.25, 0.3) is 5.91 Å². The van der Waals surface area contributed by atoms with Crippen LogP contribution in [0.3, 0.4) is 0 Å². The number of hydrogen-bond acceptors (Lipinski definition) is 4. The fourth-order valence-electron chi connectivity index (χ4n) is 4.76. The molecule has 0 bridgehead atoms. The van der Waals surface area contributed by atoms with Crippen LogP contribution in [0.25, 0.3) is 11.0 Å². The van der Waals surface area contributed by atoms with Crippen molar-refractivity contribution in [3.05, 3.63) is 117 Å². The number of rotatable bonds is 10. The van der Waals surface area contributed by atoms with Gasteiger partial charge in [-0.1, -0.05) is 55.3 Å². The summed E-state index contributed by atoms with van der Waals surface area (Å²) in [5, 5.41) is 0.310. The predicted molar refractivity (Wildman–Crippen MR) is 155 cm³/mol. The van der Waals surface area contributed by atoms with Crippen molar-refractivity contribution in [3.8, 4) is 0 Å². The van der Waals surface area contributed by atoms with Crippen molar-refractivity contribution in [1.82, 2.24) is 9.80 Å². The molecule has 4 aromatic rings.